The predicted molar refractivity (Wildman–Crippen MR) is 565 cm³/mol. The number of carboxylic acids is 1. The molecule has 9 atom stereocenters. The highest BCUT2D eigenvalue weighted by Crippen LogP contribution is 2.61. The largest absolute Gasteiger partial charge is 0.508 e. The van der Waals surface area contributed by atoms with E-state index in [1.807, 2.05) is 129 Å². The highest BCUT2D eigenvalue weighted by molar-refractivity contribution is 6.31. The van der Waals surface area contributed by atoms with Crippen molar-refractivity contribution in [1.29, 1.82) is 0 Å². The topological polar surface area (TPSA) is 260 Å². The number of esters is 2. The van der Waals surface area contributed by atoms with Gasteiger partial charge in [0.15, 0.2) is 5.72 Å². The van der Waals surface area contributed by atoms with Crippen LogP contribution >= 0.6 is 46.4 Å². The average molecular weight is 1970 g/mol. The van der Waals surface area contributed by atoms with Crippen molar-refractivity contribution in [3.8, 4) is 11.5 Å². The maximum absolute atomic E-state index is 12.9. The number of aliphatic imine (C=N–C) groups is 1. The molecule has 8 aromatic carbocycles. The van der Waals surface area contributed by atoms with Gasteiger partial charge < -0.3 is 60.4 Å². The van der Waals surface area contributed by atoms with Gasteiger partial charge >= 0.3 is 17.9 Å². The van der Waals surface area contributed by atoms with E-state index >= 15 is 0 Å². The lowest BCUT2D eigenvalue weighted by Gasteiger charge is -2.47. The number of nitrogens with one attached hydrogen (secondary N) is 3. The molecule has 16 rings (SSSR count). The van der Waals surface area contributed by atoms with E-state index in [0.717, 1.165) is 121 Å². The van der Waals surface area contributed by atoms with Crippen LogP contribution in [0.5, 0.6) is 11.5 Å². The second-order valence-corrected chi connectivity index (χ2v) is 40.3. The number of aliphatic hydroxyl groups excluding tert-OH is 1. The van der Waals surface area contributed by atoms with Crippen molar-refractivity contribution in [3.05, 3.63) is 342 Å². The van der Waals surface area contributed by atoms with Crippen molar-refractivity contribution in [1.82, 2.24) is 45.9 Å². The lowest BCUT2D eigenvalue weighted by atomic mass is 9.64. The third kappa shape index (κ3) is 29.6. The number of hydrogen-bond acceptors (Lipinski definition) is 20. The number of halogens is 4. The first-order valence-electron chi connectivity index (χ1n) is 48.3. The molecule has 139 heavy (non-hydrogen) atoms. The number of carbonyl (C=O) groups excluding carboxylic acids is 2. The summed E-state index contributed by atoms with van der Waals surface area (Å²) < 4.78 is 21.0. The summed E-state index contributed by atoms with van der Waals surface area (Å²) in [5.74, 6) is 2.51. The minimum absolute atomic E-state index is 0.0990. The summed E-state index contributed by atoms with van der Waals surface area (Å²) in [4.78, 5) is 49.8. The molecule has 0 amide bonds. The molecule has 0 radical (unpaired) electrons. The average Bonchev–Trinajstić information content (AvgIpc) is 1.57. The molecule has 2 bridgehead atoms. The van der Waals surface area contributed by atoms with Gasteiger partial charge in [-0.05, 0) is 255 Å². The van der Waals surface area contributed by atoms with Gasteiger partial charge in [-0.3, -0.25) is 14.8 Å². The zero-order valence-corrected chi connectivity index (χ0v) is 87.2. The first-order chi connectivity index (χ1) is 66.3. The second-order valence-electron chi connectivity index (χ2n) is 38.6. The third-order valence-corrected chi connectivity index (χ3v) is 28.5. The number of phenolic OH excluding ortho intramolecular Hbond substituents is 1. The Bertz CT molecular complexity index is 5770. The van der Waals surface area contributed by atoms with Gasteiger partial charge in [0.05, 0.1) is 49.0 Å². The molecule has 3 aliphatic carbocycles. The number of hydrogen-bond donors (Lipinski definition) is 7. The summed E-state index contributed by atoms with van der Waals surface area (Å²) in [6, 6.07) is 65.1. The number of piperazine rings is 1. The number of aliphatic carboxylic acids is 1. The van der Waals surface area contributed by atoms with E-state index in [-0.39, 0.29) is 35.4 Å². The number of carboxylic acid groups (broad SMARTS) is 1. The number of aromatic hydroxyl groups is 1. The molecule has 7 N–H and O–H groups in total. The Hall–Kier alpha value is -10.5. The molecule has 4 aliphatic heterocycles. The number of aliphatic hydroxyl groups is 2. The van der Waals surface area contributed by atoms with Crippen molar-refractivity contribution >= 4 is 81.2 Å². The van der Waals surface area contributed by atoms with E-state index in [4.69, 9.17) is 70.3 Å². The van der Waals surface area contributed by atoms with E-state index in [1.165, 1.54) is 85.1 Å². The lowest BCUT2D eigenvalue weighted by molar-refractivity contribution is -0.143. The van der Waals surface area contributed by atoms with Gasteiger partial charge in [-0.2, -0.15) is 0 Å². The molecular formula is C114H144Cl4N10O11. The Morgan fingerprint density at radius 1 is 0.698 bits per heavy atom. The van der Waals surface area contributed by atoms with Crippen molar-refractivity contribution in [2.45, 2.75) is 196 Å². The van der Waals surface area contributed by atoms with Crippen LogP contribution in [0, 0.1) is 29.6 Å². The number of aromatic nitrogens is 2. The number of dihydropyridines is 1. The first-order valence-corrected chi connectivity index (χ1v) is 50.2. The summed E-state index contributed by atoms with van der Waals surface area (Å²) in [5.41, 5.74) is 17.2. The molecular weight excluding hydrogens is 1830 g/mol. The van der Waals surface area contributed by atoms with E-state index in [9.17, 15) is 29.7 Å². The van der Waals surface area contributed by atoms with Crippen LogP contribution in [0.1, 0.15) is 204 Å². The predicted octanol–water partition coefficient (Wildman–Crippen LogP) is 23.0. The van der Waals surface area contributed by atoms with Gasteiger partial charge in [-0.25, -0.2) is 19.0 Å². The quantitative estimate of drug-likeness (QED) is 0.0109. The first kappa shape index (κ1) is 110. The number of amidine groups is 1. The monoisotopic (exact) mass is 1970 g/mol. The van der Waals surface area contributed by atoms with Crippen LogP contribution in [-0.4, -0.2) is 190 Å². The number of para-hydroxylation sites is 1. The van der Waals surface area contributed by atoms with Crippen LogP contribution in [0.4, 0.5) is 0 Å². The molecule has 1 aromatic heterocycles. The number of methoxy groups -OCH3 is 1. The molecule has 3 fully saturated rings. The number of rotatable bonds is 27. The van der Waals surface area contributed by atoms with Crippen molar-refractivity contribution in [3.63, 3.8) is 0 Å². The van der Waals surface area contributed by atoms with E-state index in [1.54, 1.807) is 83.2 Å². The molecule has 5 heterocycles. The molecule has 1 saturated heterocycles. The highest BCUT2D eigenvalue weighted by Gasteiger charge is 2.59. The zero-order valence-electron chi connectivity index (χ0n) is 84.2. The molecule has 0 spiro atoms. The minimum Gasteiger partial charge on any atom is -0.508 e. The fourth-order valence-corrected chi connectivity index (χ4v) is 20.6. The maximum Gasteiger partial charge on any atom is 0.337 e. The molecule has 744 valence electrons. The van der Waals surface area contributed by atoms with E-state index in [0.29, 0.717) is 73.5 Å². The normalized spacial score (nSPS) is 20.6. The SMILES string of the molecule is CC(COc1ccccc1)NC(C)C(O)c1ccc(O)cc1.CC1=C(/C=C/C(C)=C/C=C/C(C)=C\C(=O)O)C(C)(C)CCC1.CN(CCCl)CCCl.CNC1(C)C2CCC(C2)C1(C)C.COC(=O)C1=C(C)NC(C)=C(C(=O)OC(C)C)C1c1cccc2nonc12.Cc1cccc(CN2CCN(C(c3ccccc3)c3ccc(Cl)cc3)CC2)c1.OC1(c2ccc(Cl)cc2)c2ccccc2C2=NCCN21. The van der Waals surface area contributed by atoms with Gasteiger partial charge in [0.1, 0.15) is 35.0 Å². The Kier molecular flexibility index (Phi) is 41.6. The summed E-state index contributed by atoms with van der Waals surface area (Å²) in [7, 11) is 5.43. The molecule has 25 heteroatoms. The number of aryl methyl sites for hydroxylation is 1. The zero-order chi connectivity index (χ0) is 101. The van der Waals surface area contributed by atoms with Gasteiger partial charge in [-0.1, -0.05) is 244 Å². The number of carbonyl (C=O) groups is 3. The highest BCUT2D eigenvalue weighted by atomic mass is 35.5. The van der Waals surface area contributed by atoms with Crippen LogP contribution in [0.3, 0.4) is 0 Å². The standard InChI is InChI=1S/C25H27ClN2.C20H28O2.C19H21N3O5.C18H23NO3.C16H13ClN2O.C11H21N.C5H11Cl2N/c1-20-6-5-7-21(18-20)19-27-14-16-28(17-15-27)25(22-8-3-2-4-9-22)23-10-12-24(26)13-11-23;1-15(8-6-9-16(2)14-19(21)22)11-12-18-17(3)10-7-13-20(18,4)5;1-9(2)26-19(24)15-11(4)20-10(3)14(18(23)25-5)16(15)12-7-6-8-13-17(12)22-27-21-13;1-13(12-22-17-6-4-3-5-7-17)19-14(2)18(21)15-8-10-16(20)11-9-15;17-12-7-5-11(6-8-12)16(20)14-4-2-1-3-13(14)15-18-9-10-19(15)16;1-10(2)8-5-6-9(7-8)11(10,3)12-4;1-8(4-2-6)5-3-7/h2-13,18,25H,14-17,19H2,1H3;6,8-9,11-12,14H,7,10,13H2,1-5H3,(H,21,22);6-9,16,20H,1-5H3;3-11,13-14,18-21H,12H2,1-2H3;1-8,20H,9-10H2;8-9,12H,5-7H2,1-4H3;2-5H2,1H3/b;9-6+,12-11+,15-8+,16-14-;;;;;. The summed E-state index contributed by atoms with van der Waals surface area (Å²) in [6.45, 7) is 40.3. The fraction of sp³-hybridized carbons (Fsp3) is 0.421. The Balaban J connectivity index is 0.000000171. The van der Waals surface area contributed by atoms with E-state index < -0.39 is 35.7 Å². The molecule has 21 nitrogen and oxygen atoms in total. The van der Waals surface area contributed by atoms with Crippen LogP contribution in [0.15, 0.2) is 291 Å². The minimum atomic E-state index is -1.14. The van der Waals surface area contributed by atoms with Crippen molar-refractivity contribution in [2.24, 2.45) is 27.7 Å². The third-order valence-electron chi connectivity index (χ3n) is 27.6. The maximum atomic E-state index is 12.9. The Morgan fingerprint density at radius 3 is 1.90 bits per heavy atom. The second kappa shape index (κ2) is 52.3. The van der Waals surface area contributed by atoms with Gasteiger partial charge in [-0.15, -0.1) is 23.2 Å². The van der Waals surface area contributed by atoms with Gasteiger partial charge in [0.2, 0.25) is 0 Å². The fourth-order valence-electron chi connectivity index (χ4n) is 19.7. The Labute approximate surface area is 844 Å². The van der Waals surface area contributed by atoms with Gasteiger partial charge in [0.25, 0.3) is 0 Å². The van der Waals surface area contributed by atoms with Crippen LogP contribution in [0.2, 0.25) is 10.0 Å². The Morgan fingerprint density at radius 2 is 1.30 bits per heavy atom. The number of benzene rings is 8. The molecule has 9 aromatic rings. The van der Waals surface area contributed by atoms with Crippen molar-refractivity contribution in [2.75, 3.05) is 91.9 Å². The molecule has 9 unspecified atom stereocenters. The van der Waals surface area contributed by atoms with Crippen LogP contribution in [-0.2, 0) is 36.1 Å². The van der Waals surface area contributed by atoms with E-state index in [2.05, 4.69) is 187 Å². The summed E-state index contributed by atoms with van der Waals surface area (Å²) in [6.07, 6.45) is 18.4. The number of nitrogens with zero attached hydrogens (tertiary/aromatic N) is 7. The molecule has 7 aliphatic rings. The van der Waals surface area contributed by atoms with Crippen molar-refractivity contribution < 1.29 is 53.6 Å². The van der Waals surface area contributed by atoms with Crippen LogP contribution in [0.25, 0.3) is 11.0 Å². The number of phenols is 1. The van der Waals surface area contributed by atoms with Crippen LogP contribution < -0.4 is 20.7 Å². The molecule has 2 saturated carbocycles. The number of alkyl halides is 2. The smallest absolute Gasteiger partial charge is 0.337 e. The number of fused-ring (bicyclic) bond motifs is 6. The van der Waals surface area contributed by atoms with Gasteiger partial charge in [0, 0.05) is 126 Å². The summed E-state index contributed by atoms with van der Waals surface area (Å²) in [5, 5.41) is 58.9. The number of allylic oxidation sites excluding steroid dienone is 11. The summed E-state index contributed by atoms with van der Waals surface area (Å²) >= 11 is 23.0. The number of ether oxygens (including phenoxy) is 3. The lowest BCUT2D eigenvalue weighted by Crippen LogP contribution is -2.55.